The van der Waals surface area contributed by atoms with Crippen molar-refractivity contribution in [3.8, 4) is 0 Å². The molecule has 2 aromatic heterocycles. The van der Waals surface area contributed by atoms with Crippen LogP contribution in [0, 0.1) is 6.92 Å². The largest absolute Gasteiger partial charge is 0.287 e. The van der Waals surface area contributed by atoms with Crippen molar-refractivity contribution in [2.24, 2.45) is 0 Å². The average Bonchev–Trinajstić information content (AvgIpc) is 2.88. The summed E-state index contributed by atoms with van der Waals surface area (Å²) in [5, 5.41) is 12.4. The number of hydrogen-bond acceptors (Lipinski definition) is 5. The minimum atomic E-state index is -0.223. The third-order valence-corrected chi connectivity index (χ3v) is 3.00. The van der Waals surface area contributed by atoms with E-state index in [9.17, 15) is 4.79 Å². The third kappa shape index (κ3) is 1.96. The Balaban J connectivity index is 2.11. The normalized spacial score (nSPS) is 10.8. The summed E-state index contributed by atoms with van der Waals surface area (Å²) < 4.78 is 1.48. The Morgan fingerprint density at radius 2 is 1.95 bits per heavy atom. The highest BCUT2D eigenvalue weighted by Gasteiger charge is 2.17. The van der Waals surface area contributed by atoms with Crippen LogP contribution in [0.5, 0.6) is 0 Å². The molecule has 0 saturated carbocycles. The van der Waals surface area contributed by atoms with E-state index in [0.29, 0.717) is 22.1 Å². The maximum Gasteiger partial charge on any atom is 0.271 e. The van der Waals surface area contributed by atoms with Crippen LogP contribution in [-0.4, -0.2) is 30.6 Å². The Morgan fingerprint density at radius 1 is 1.21 bits per heavy atom. The Bertz CT molecular complexity index is 765. The molecule has 0 atom stereocenters. The van der Waals surface area contributed by atoms with Gasteiger partial charge in [0.15, 0.2) is 5.69 Å². The number of halogens is 1. The van der Waals surface area contributed by atoms with Crippen LogP contribution in [0.4, 0.5) is 0 Å². The predicted octanol–water partition coefficient (Wildman–Crippen LogP) is 1.71. The lowest BCUT2D eigenvalue weighted by Crippen LogP contribution is -2.12. The van der Waals surface area contributed by atoms with Crippen LogP contribution in [0.2, 0.25) is 5.02 Å². The molecule has 0 aliphatic heterocycles. The first-order chi connectivity index (χ1) is 9.16. The van der Waals surface area contributed by atoms with E-state index < -0.39 is 0 Å². The van der Waals surface area contributed by atoms with Crippen LogP contribution < -0.4 is 0 Å². The Labute approximate surface area is 113 Å². The highest BCUT2D eigenvalue weighted by atomic mass is 35.5. The maximum atomic E-state index is 12.3. The fourth-order valence-corrected chi connectivity index (χ4v) is 1.88. The van der Waals surface area contributed by atoms with Gasteiger partial charge in [0.2, 0.25) is 5.78 Å². The predicted molar refractivity (Wildman–Crippen MR) is 68.2 cm³/mol. The molecular weight excluding hydrogens is 266 g/mol. The fraction of sp³-hybridized carbons (Fsp3) is 0.0833. The van der Waals surface area contributed by atoms with E-state index in [4.69, 9.17) is 11.6 Å². The van der Waals surface area contributed by atoms with Crippen LogP contribution in [0.3, 0.4) is 0 Å². The van der Waals surface area contributed by atoms with Crippen LogP contribution in [0.1, 0.15) is 21.7 Å². The molecule has 0 spiro atoms. The molecule has 0 N–H and O–H groups in total. The second kappa shape index (κ2) is 4.40. The maximum absolute atomic E-state index is 12.3. The number of rotatable bonds is 2. The van der Waals surface area contributed by atoms with Crippen LogP contribution in [0.15, 0.2) is 30.6 Å². The molecule has 0 aliphatic carbocycles. The summed E-state index contributed by atoms with van der Waals surface area (Å²) in [6.45, 7) is 1.75. The summed E-state index contributed by atoms with van der Waals surface area (Å²) in [5.41, 5.74) is 1.35. The van der Waals surface area contributed by atoms with E-state index in [1.54, 1.807) is 31.2 Å². The van der Waals surface area contributed by atoms with Gasteiger partial charge >= 0.3 is 0 Å². The van der Waals surface area contributed by atoms with Crippen molar-refractivity contribution >= 4 is 23.2 Å². The first kappa shape index (κ1) is 11.7. The molecule has 19 heavy (non-hydrogen) atoms. The lowest BCUT2D eigenvalue weighted by atomic mass is 10.1. The van der Waals surface area contributed by atoms with Gasteiger partial charge in [-0.05, 0) is 31.2 Å². The number of carbonyl (C=O) groups excluding carboxylic acids is 1. The summed E-state index contributed by atoms with van der Waals surface area (Å²) in [4.78, 5) is 16.3. The first-order valence-corrected chi connectivity index (χ1v) is 5.88. The SMILES string of the molecule is Cc1c(C(=O)c2ccc(Cl)cc2)nnc2ncnn12. The van der Waals surface area contributed by atoms with E-state index in [-0.39, 0.29) is 11.5 Å². The van der Waals surface area contributed by atoms with Gasteiger partial charge in [-0.1, -0.05) is 11.6 Å². The second-order valence-electron chi connectivity index (χ2n) is 3.94. The van der Waals surface area contributed by atoms with Gasteiger partial charge in [0.25, 0.3) is 5.78 Å². The molecule has 0 radical (unpaired) electrons. The van der Waals surface area contributed by atoms with E-state index in [1.807, 2.05) is 0 Å². The minimum Gasteiger partial charge on any atom is -0.287 e. The van der Waals surface area contributed by atoms with E-state index >= 15 is 0 Å². The molecule has 0 aliphatic rings. The highest BCUT2D eigenvalue weighted by Crippen LogP contribution is 2.14. The van der Waals surface area contributed by atoms with Crippen molar-refractivity contribution < 1.29 is 4.79 Å². The summed E-state index contributed by atoms with van der Waals surface area (Å²) in [7, 11) is 0. The monoisotopic (exact) mass is 273 g/mol. The van der Waals surface area contributed by atoms with Crippen molar-refractivity contribution in [1.82, 2.24) is 24.8 Å². The van der Waals surface area contributed by atoms with E-state index in [0.717, 1.165) is 0 Å². The van der Waals surface area contributed by atoms with Crippen molar-refractivity contribution in [1.29, 1.82) is 0 Å². The van der Waals surface area contributed by atoms with Gasteiger partial charge in [-0.3, -0.25) is 4.79 Å². The van der Waals surface area contributed by atoms with Crippen molar-refractivity contribution in [2.45, 2.75) is 6.92 Å². The van der Waals surface area contributed by atoms with Crippen molar-refractivity contribution in [2.75, 3.05) is 0 Å². The standard InChI is InChI=1S/C12H8ClN5O/c1-7-10(16-17-12-14-6-15-18(7)12)11(19)8-2-4-9(13)5-3-8/h2-6H,1H3. The minimum absolute atomic E-state index is 0.223. The molecule has 94 valence electrons. The molecule has 2 heterocycles. The Hall–Kier alpha value is -2.34. The first-order valence-electron chi connectivity index (χ1n) is 5.50. The zero-order chi connectivity index (χ0) is 13.4. The molecule has 6 nitrogen and oxygen atoms in total. The molecule has 7 heteroatoms. The average molecular weight is 274 g/mol. The number of benzene rings is 1. The smallest absolute Gasteiger partial charge is 0.271 e. The molecule has 0 bridgehead atoms. The molecule has 0 saturated heterocycles. The number of ketones is 1. The van der Waals surface area contributed by atoms with Crippen LogP contribution in [0.25, 0.3) is 5.78 Å². The zero-order valence-electron chi connectivity index (χ0n) is 9.91. The van der Waals surface area contributed by atoms with Gasteiger partial charge in [-0.15, -0.1) is 10.2 Å². The summed E-state index contributed by atoms with van der Waals surface area (Å²) >= 11 is 5.80. The van der Waals surface area contributed by atoms with Gasteiger partial charge in [0.1, 0.15) is 6.33 Å². The molecule has 0 fully saturated rings. The lowest BCUT2D eigenvalue weighted by molar-refractivity contribution is 0.103. The Morgan fingerprint density at radius 3 is 2.68 bits per heavy atom. The summed E-state index contributed by atoms with van der Waals surface area (Å²) in [6, 6.07) is 6.62. The summed E-state index contributed by atoms with van der Waals surface area (Å²) in [5.74, 6) is 0.143. The van der Waals surface area contributed by atoms with Gasteiger partial charge in [-0.25, -0.2) is 0 Å². The van der Waals surface area contributed by atoms with E-state index in [2.05, 4.69) is 20.3 Å². The van der Waals surface area contributed by atoms with Gasteiger partial charge in [0.05, 0.1) is 5.69 Å². The number of aryl methyl sites for hydroxylation is 1. The zero-order valence-corrected chi connectivity index (χ0v) is 10.7. The Kier molecular flexibility index (Phi) is 2.72. The van der Waals surface area contributed by atoms with Crippen molar-refractivity contribution in [3.63, 3.8) is 0 Å². The van der Waals surface area contributed by atoms with Crippen LogP contribution in [-0.2, 0) is 0 Å². The number of fused-ring (bicyclic) bond motifs is 1. The molecule has 0 unspecified atom stereocenters. The number of carbonyl (C=O) groups is 1. The number of nitrogens with zero attached hydrogens (tertiary/aromatic N) is 5. The summed E-state index contributed by atoms with van der Waals surface area (Å²) in [6.07, 6.45) is 1.37. The number of hydrogen-bond donors (Lipinski definition) is 0. The van der Waals surface area contributed by atoms with Crippen LogP contribution >= 0.6 is 11.6 Å². The van der Waals surface area contributed by atoms with E-state index in [1.165, 1.54) is 10.8 Å². The lowest BCUT2D eigenvalue weighted by Gasteiger charge is -2.04. The molecule has 3 aromatic rings. The molecule has 1 aromatic carbocycles. The van der Waals surface area contributed by atoms with Gasteiger partial charge < -0.3 is 0 Å². The molecular formula is C12H8ClN5O. The van der Waals surface area contributed by atoms with Gasteiger partial charge in [-0.2, -0.15) is 14.6 Å². The third-order valence-electron chi connectivity index (χ3n) is 2.75. The van der Waals surface area contributed by atoms with Gasteiger partial charge in [0, 0.05) is 10.6 Å². The number of aromatic nitrogens is 5. The van der Waals surface area contributed by atoms with Crippen molar-refractivity contribution in [3.05, 3.63) is 52.6 Å². The quantitative estimate of drug-likeness (QED) is 0.665. The highest BCUT2D eigenvalue weighted by molar-refractivity contribution is 6.30. The second-order valence-corrected chi connectivity index (χ2v) is 4.38. The topological polar surface area (TPSA) is 73.0 Å². The fourth-order valence-electron chi connectivity index (χ4n) is 1.76. The molecule has 0 amide bonds. The molecule has 3 rings (SSSR count).